The van der Waals surface area contributed by atoms with Crippen molar-refractivity contribution in [1.82, 2.24) is 19.4 Å². The molecule has 0 aliphatic heterocycles. The number of sulfonamides is 1. The number of imidazole rings is 1. The lowest BCUT2D eigenvalue weighted by atomic mass is 10.1. The maximum absolute atomic E-state index is 12.5. The number of amides is 1. The summed E-state index contributed by atoms with van der Waals surface area (Å²) in [6.45, 7) is 3.95. The molecule has 29 heavy (non-hydrogen) atoms. The molecule has 1 aromatic carbocycles. The highest BCUT2D eigenvalue weighted by Gasteiger charge is 2.15. The fourth-order valence-corrected chi connectivity index (χ4v) is 6.15. The number of aromatic nitrogens is 2. The molecule has 0 aliphatic rings. The first-order valence-electron chi connectivity index (χ1n) is 9.02. The van der Waals surface area contributed by atoms with Gasteiger partial charge in [0.25, 0.3) is 5.91 Å². The van der Waals surface area contributed by atoms with Crippen LogP contribution in [0.25, 0.3) is 15.3 Å². The molecule has 0 unspecified atom stereocenters. The lowest BCUT2D eigenvalue weighted by Crippen LogP contribution is -2.31. The Morgan fingerprint density at radius 2 is 1.93 bits per heavy atom. The predicted octanol–water partition coefficient (Wildman–Crippen LogP) is 3.37. The lowest BCUT2D eigenvalue weighted by molar-refractivity contribution is 0.0955. The van der Waals surface area contributed by atoms with Crippen molar-refractivity contribution >= 4 is 53.9 Å². The van der Waals surface area contributed by atoms with E-state index in [9.17, 15) is 13.2 Å². The van der Waals surface area contributed by atoms with E-state index in [4.69, 9.17) is 0 Å². The van der Waals surface area contributed by atoms with Crippen LogP contribution in [0.4, 0.5) is 0 Å². The summed E-state index contributed by atoms with van der Waals surface area (Å²) >= 11 is 2.94. The summed E-state index contributed by atoms with van der Waals surface area (Å²) in [5, 5.41) is 4.87. The molecule has 3 heterocycles. The van der Waals surface area contributed by atoms with Gasteiger partial charge in [-0.1, -0.05) is 24.3 Å². The summed E-state index contributed by atoms with van der Waals surface area (Å²) < 4.78 is 28.6. The number of hydrogen-bond donors (Lipinski definition) is 2. The summed E-state index contributed by atoms with van der Waals surface area (Å²) in [5.74, 6) is -0.214. The van der Waals surface area contributed by atoms with Crippen LogP contribution in [0.15, 0.2) is 41.9 Å². The Bertz CT molecular complexity index is 1270. The van der Waals surface area contributed by atoms with Gasteiger partial charge >= 0.3 is 0 Å². The highest BCUT2D eigenvalue weighted by molar-refractivity contribution is 7.88. The van der Waals surface area contributed by atoms with Gasteiger partial charge in [-0.2, -0.15) is 0 Å². The van der Waals surface area contributed by atoms with Gasteiger partial charge in [0.2, 0.25) is 10.0 Å². The van der Waals surface area contributed by atoms with E-state index < -0.39 is 10.0 Å². The van der Waals surface area contributed by atoms with Gasteiger partial charge in [0, 0.05) is 24.2 Å². The Kier molecular flexibility index (Phi) is 5.43. The summed E-state index contributed by atoms with van der Waals surface area (Å²) in [7, 11) is -3.35. The van der Waals surface area contributed by atoms with Crippen LogP contribution in [0.1, 0.15) is 34.6 Å². The first kappa shape index (κ1) is 20.0. The third-order valence-electron chi connectivity index (χ3n) is 4.21. The summed E-state index contributed by atoms with van der Waals surface area (Å²) in [5.41, 5.74) is 2.55. The minimum atomic E-state index is -3.35. The molecule has 4 rings (SSSR count). The molecule has 0 saturated carbocycles. The third kappa shape index (κ3) is 4.50. The van der Waals surface area contributed by atoms with Crippen molar-refractivity contribution in [3.63, 3.8) is 0 Å². The van der Waals surface area contributed by atoms with Crippen LogP contribution in [-0.4, -0.2) is 29.8 Å². The molecule has 2 N–H and O–H groups in total. The van der Waals surface area contributed by atoms with Crippen molar-refractivity contribution in [3.8, 4) is 0 Å². The second-order valence-corrected chi connectivity index (χ2v) is 10.7. The Labute approximate surface area is 176 Å². The van der Waals surface area contributed by atoms with E-state index in [0.29, 0.717) is 17.0 Å². The molecule has 1 amide bonds. The van der Waals surface area contributed by atoms with Crippen molar-refractivity contribution < 1.29 is 13.2 Å². The highest BCUT2D eigenvalue weighted by atomic mass is 32.2. The smallest absolute Gasteiger partial charge is 0.261 e. The van der Waals surface area contributed by atoms with Crippen LogP contribution in [-0.2, 0) is 22.3 Å². The van der Waals surface area contributed by atoms with Gasteiger partial charge < -0.3 is 5.32 Å². The Morgan fingerprint density at radius 3 is 2.66 bits per heavy atom. The Hall–Kier alpha value is -2.27. The number of benzene rings is 1. The number of nitrogens with one attached hydrogen (secondary N) is 2. The van der Waals surface area contributed by atoms with E-state index in [1.165, 1.54) is 11.3 Å². The number of rotatable bonds is 7. The predicted molar refractivity (Wildman–Crippen MR) is 117 cm³/mol. The van der Waals surface area contributed by atoms with Gasteiger partial charge in [0.15, 0.2) is 4.96 Å². The van der Waals surface area contributed by atoms with Crippen molar-refractivity contribution in [2.45, 2.75) is 32.2 Å². The molecule has 0 saturated heterocycles. The number of nitrogens with zero attached hydrogens (tertiary/aromatic N) is 2. The molecule has 0 fully saturated rings. The minimum Gasteiger partial charge on any atom is -0.347 e. The van der Waals surface area contributed by atoms with Crippen molar-refractivity contribution in [3.05, 3.63) is 57.9 Å². The molecule has 0 atom stereocenters. The normalized spacial score (nSPS) is 12.2. The number of hydrogen-bond acceptors (Lipinski definition) is 6. The molecule has 7 nitrogen and oxygen atoms in total. The van der Waals surface area contributed by atoms with Crippen LogP contribution in [0.5, 0.6) is 0 Å². The third-order valence-corrected chi connectivity index (χ3v) is 7.53. The van der Waals surface area contributed by atoms with Crippen molar-refractivity contribution in [2.75, 3.05) is 0 Å². The van der Waals surface area contributed by atoms with Gasteiger partial charge in [-0.25, -0.2) is 18.1 Å². The first-order chi connectivity index (χ1) is 13.8. The summed E-state index contributed by atoms with van der Waals surface area (Å²) in [6.07, 6.45) is 1.95. The second kappa shape index (κ2) is 7.86. The average Bonchev–Trinajstić information content (AvgIpc) is 3.31. The SMILES string of the molecule is CC(C)NS(=O)(=O)Cc1ccc(CNC(=O)c2cc3c(nc4sccn43)s2)cc1. The maximum Gasteiger partial charge on any atom is 0.261 e. The molecular weight excluding hydrogens is 428 g/mol. The van der Waals surface area contributed by atoms with E-state index >= 15 is 0 Å². The largest absolute Gasteiger partial charge is 0.347 e. The van der Waals surface area contributed by atoms with Crippen LogP contribution >= 0.6 is 22.7 Å². The molecule has 0 bridgehead atoms. The van der Waals surface area contributed by atoms with Gasteiger partial charge in [-0.15, -0.1) is 22.7 Å². The van der Waals surface area contributed by atoms with E-state index in [1.807, 2.05) is 34.2 Å². The topological polar surface area (TPSA) is 92.6 Å². The molecule has 0 aliphatic carbocycles. The van der Waals surface area contributed by atoms with E-state index in [-0.39, 0.29) is 17.7 Å². The molecular formula is C19H20N4O3S3. The Balaban J connectivity index is 1.38. The second-order valence-electron chi connectivity index (χ2n) is 7.00. The lowest BCUT2D eigenvalue weighted by Gasteiger charge is -2.10. The number of carbonyl (C=O) groups excluding carboxylic acids is 1. The fourth-order valence-electron chi connectivity index (χ4n) is 3.00. The molecule has 4 aromatic rings. The van der Waals surface area contributed by atoms with E-state index in [2.05, 4.69) is 15.0 Å². The quantitative estimate of drug-likeness (QED) is 0.453. The van der Waals surface area contributed by atoms with Gasteiger partial charge in [0.1, 0.15) is 4.83 Å². The van der Waals surface area contributed by atoms with E-state index in [1.54, 1.807) is 37.3 Å². The molecule has 0 radical (unpaired) electrons. The zero-order valence-corrected chi connectivity index (χ0v) is 18.3. The number of thiazole rings is 1. The maximum atomic E-state index is 12.5. The zero-order valence-electron chi connectivity index (χ0n) is 15.9. The zero-order chi connectivity index (χ0) is 20.6. The molecule has 0 spiro atoms. The number of carbonyl (C=O) groups is 1. The van der Waals surface area contributed by atoms with E-state index in [0.717, 1.165) is 20.9 Å². The average molecular weight is 449 g/mol. The number of fused-ring (bicyclic) bond motifs is 3. The van der Waals surface area contributed by atoms with Gasteiger partial charge in [-0.05, 0) is 31.0 Å². The molecule has 10 heteroatoms. The van der Waals surface area contributed by atoms with Crippen LogP contribution in [0.2, 0.25) is 0 Å². The van der Waals surface area contributed by atoms with Gasteiger partial charge in [0.05, 0.1) is 16.1 Å². The standard InChI is InChI=1S/C19H20N4O3S3/c1-12(2)22-29(25,26)11-14-5-3-13(4-6-14)10-20-17(24)16-9-15-18(28-16)21-19-23(15)7-8-27-19/h3-9,12,22H,10-11H2,1-2H3,(H,20,24). The highest BCUT2D eigenvalue weighted by Crippen LogP contribution is 2.28. The fraction of sp³-hybridized carbons (Fsp3) is 0.263. The molecule has 3 aromatic heterocycles. The molecule has 152 valence electrons. The van der Waals surface area contributed by atoms with Crippen LogP contribution in [0.3, 0.4) is 0 Å². The summed E-state index contributed by atoms with van der Waals surface area (Å²) in [6, 6.07) is 8.93. The van der Waals surface area contributed by atoms with Crippen molar-refractivity contribution in [2.24, 2.45) is 0 Å². The number of thiophene rings is 1. The van der Waals surface area contributed by atoms with Crippen LogP contribution in [0, 0.1) is 0 Å². The monoisotopic (exact) mass is 448 g/mol. The first-order valence-corrected chi connectivity index (χ1v) is 12.4. The minimum absolute atomic E-state index is 0.0652. The van der Waals surface area contributed by atoms with Crippen molar-refractivity contribution in [1.29, 1.82) is 0 Å². The Morgan fingerprint density at radius 1 is 1.21 bits per heavy atom. The summed E-state index contributed by atoms with van der Waals surface area (Å²) in [4.78, 5) is 19.4. The van der Waals surface area contributed by atoms with Gasteiger partial charge in [-0.3, -0.25) is 9.20 Å². The van der Waals surface area contributed by atoms with Crippen LogP contribution < -0.4 is 10.0 Å².